The number of halogens is 1. The van der Waals surface area contributed by atoms with Crippen LogP contribution >= 0.6 is 11.6 Å². The van der Waals surface area contributed by atoms with E-state index < -0.39 is 0 Å². The van der Waals surface area contributed by atoms with E-state index in [1.54, 1.807) is 0 Å². The Balaban J connectivity index is 1.56. The zero-order valence-electron chi connectivity index (χ0n) is 14.6. The lowest BCUT2D eigenvalue weighted by Crippen LogP contribution is -2.27. The van der Waals surface area contributed by atoms with Crippen LogP contribution in [0.3, 0.4) is 0 Å². The first-order valence-corrected chi connectivity index (χ1v) is 9.15. The third-order valence-electron chi connectivity index (χ3n) is 4.41. The molecule has 0 aliphatic rings. The van der Waals surface area contributed by atoms with Crippen LogP contribution in [0, 0.1) is 0 Å². The van der Waals surface area contributed by atoms with Crippen molar-refractivity contribution in [1.29, 1.82) is 0 Å². The van der Waals surface area contributed by atoms with Gasteiger partial charge in [0.05, 0.1) is 11.2 Å². The Kier molecular flexibility index (Phi) is 4.90. The molecule has 2 aromatic heterocycles. The molecule has 27 heavy (non-hydrogen) atoms. The number of nitrogens with zero attached hydrogens (tertiary/aromatic N) is 2. The van der Waals surface area contributed by atoms with E-state index >= 15 is 0 Å². The fraction of sp³-hybridized carbons (Fsp3) is 0.0909. The Hall–Kier alpha value is -3.11. The summed E-state index contributed by atoms with van der Waals surface area (Å²) < 4.78 is 1.83. The van der Waals surface area contributed by atoms with Crippen molar-refractivity contribution in [2.24, 2.45) is 0 Å². The van der Waals surface area contributed by atoms with Gasteiger partial charge in [0, 0.05) is 23.3 Å². The number of pyridine rings is 1. The zero-order valence-corrected chi connectivity index (χ0v) is 15.4. The highest BCUT2D eigenvalue weighted by molar-refractivity contribution is 6.30. The maximum absolute atomic E-state index is 12.7. The second kappa shape index (κ2) is 7.64. The Labute approximate surface area is 162 Å². The summed E-state index contributed by atoms with van der Waals surface area (Å²) in [5, 5.41) is 3.67. The Morgan fingerprint density at radius 2 is 1.70 bits per heavy atom. The molecule has 0 atom stereocenters. The molecule has 0 saturated carbocycles. The predicted molar refractivity (Wildman–Crippen MR) is 108 cm³/mol. The van der Waals surface area contributed by atoms with Crippen molar-refractivity contribution in [3.63, 3.8) is 0 Å². The van der Waals surface area contributed by atoms with Crippen molar-refractivity contribution in [2.45, 2.75) is 6.42 Å². The summed E-state index contributed by atoms with van der Waals surface area (Å²) in [7, 11) is 0. The Bertz CT molecular complexity index is 1070. The molecule has 2 aromatic carbocycles. The highest BCUT2D eigenvalue weighted by atomic mass is 35.5. The zero-order chi connectivity index (χ0) is 18.6. The molecule has 1 N–H and O–H groups in total. The van der Waals surface area contributed by atoms with Gasteiger partial charge in [0.25, 0.3) is 5.91 Å². The summed E-state index contributed by atoms with van der Waals surface area (Å²) in [6.45, 7) is 0.531. The number of fused-ring (bicyclic) bond motifs is 1. The van der Waals surface area contributed by atoms with E-state index in [4.69, 9.17) is 11.6 Å². The quantitative estimate of drug-likeness (QED) is 0.553. The van der Waals surface area contributed by atoms with Gasteiger partial charge in [-0.1, -0.05) is 60.1 Å². The number of benzene rings is 2. The lowest BCUT2D eigenvalue weighted by Gasteiger charge is -2.05. The van der Waals surface area contributed by atoms with E-state index in [1.165, 1.54) is 0 Å². The van der Waals surface area contributed by atoms with Gasteiger partial charge in [-0.2, -0.15) is 0 Å². The largest absolute Gasteiger partial charge is 0.349 e. The van der Waals surface area contributed by atoms with Crippen molar-refractivity contribution in [3.05, 3.63) is 95.4 Å². The van der Waals surface area contributed by atoms with E-state index in [9.17, 15) is 4.79 Å². The van der Waals surface area contributed by atoms with Gasteiger partial charge in [0.1, 0.15) is 0 Å². The Morgan fingerprint density at radius 1 is 0.963 bits per heavy atom. The highest BCUT2D eigenvalue weighted by Crippen LogP contribution is 2.24. The van der Waals surface area contributed by atoms with Gasteiger partial charge in [0.15, 0.2) is 0 Å². The number of rotatable bonds is 5. The second-order valence-electron chi connectivity index (χ2n) is 6.24. The van der Waals surface area contributed by atoms with Gasteiger partial charge in [-0.05, 0) is 36.2 Å². The second-order valence-corrected chi connectivity index (χ2v) is 6.67. The molecule has 0 radical (unpaired) electrons. The molecule has 0 saturated heterocycles. The van der Waals surface area contributed by atoms with Crippen molar-refractivity contribution >= 4 is 23.0 Å². The lowest BCUT2D eigenvalue weighted by molar-refractivity contribution is 0.0943. The van der Waals surface area contributed by atoms with Crippen LogP contribution in [0.4, 0.5) is 0 Å². The van der Waals surface area contributed by atoms with Crippen LogP contribution in [0.5, 0.6) is 0 Å². The van der Waals surface area contributed by atoms with Gasteiger partial charge >= 0.3 is 0 Å². The van der Waals surface area contributed by atoms with Gasteiger partial charge in [-0.15, -0.1) is 0 Å². The van der Waals surface area contributed by atoms with Crippen LogP contribution in [0.2, 0.25) is 5.02 Å². The van der Waals surface area contributed by atoms with E-state index in [0.717, 1.165) is 28.8 Å². The van der Waals surface area contributed by atoms with Crippen molar-refractivity contribution in [3.8, 4) is 11.3 Å². The number of carbonyl (C=O) groups excluding carboxylic acids is 1. The fourth-order valence-corrected chi connectivity index (χ4v) is 3.18. The standard InChI is InChI=1S/C22H18ClN3O/c23-18-11-9-16(10-12-18)13-14-24-22(27)21-25-20(17-6-2-1-3-7-17)19-8-4-5-15-26(19)21/h1-12,15H,13-14H2,(H,24,27). The van der Waals surface area contributed by atoms with E-state index in [1.807, 2.05) is 83.4 Å². The maximum Gasteiger partial charge on any atom is 0.287 e. The molecule has 0 spiro atoms. The third-order valence-corrected chi connectivity index (χ3v) is 4.66. The molecule has 2 heterocycles. The first-order chi connectivity index (χ1) is 13.2. The molecule has 1 amide bonds. The van der Waals surface area contributed by atoms with E-state index in [-0.39, 0.29) is 5.91 Å². The van der Waals surface area contributed by atoms with Crippen LogP contribution in [-0.2, 0) is 6.42 Å². The minimum absolute atomic E-state index is 0.188. The normalized spacial score (nSPS) is 10.9. The monoisotopic (exact) mass is 375 g/mol. The van der Waals surface area contributed by atoms with Crippen LogP contribution in [0.1, 0.15) is 16.2 Å². The summed E-state index contributed by atoms with van der Waals surface area (Å²) in [6.07, 6.45) is 2.60. The number of carbonyl (C=O) groups is 1. The SMILES string of the molecule is O=C(NCCc1ccc(Cl)cc1)c1nc(-c2ccccc2)c2ccccn12. The summed E-state index contributed by atoms with van der Waals surface area (Å²) in [5.41, 5.74) is 3.82. The van der Waals surface area contributed by atoms with Gasteiger partial charge < -0.3 is 5.32 Å². The first kappa shape index (κ1) is 17.3. The van der Waals surface area contributed by atoms with Crippen molar-refractivity contribution in [2.75, 3.05) is 6.54 Å². The minimum atomic E-state index is -0.188. The molecule has 0 bridgehead atoms. The topological polar surface area (TPSA) is 46.4 Å². The number of amides is 1. The van der Waals surface area contributed by atoms with Gasteiger partial charge in [-0.3, -0.25) is 9.20 Å². The van der Waals surface area contributed by atoms with Gasteiger partial charge in [0.2, 0.25) is 5.82 Å². The molecule has 0 unspecified atom stereocenters. The summed E-state index contributed by atoms with van der Waals surface area (Å²) in [6, 6.07) is 23.4. The third kappa shape index (κ3) is 3.71. The van der Waals surface area contributed by atoms with Crippen LogP contribution < -0.4 is 5.32 Å². The lowest BCUT2D eigenvalue weighted by atomic mass is 10.1. The highest BCUT2D eigenvalue weighted by Gasteiger charge is 2.17. The molecule has 0 fully saturated rings. The maximum atomic E-state index is 12.7. The van der Waals surface area contributed by atoms with Crippen molar-refractivity contribution in [1.82, 2.24) is 14.7 Å². The number of hydrogen-bond donors (Lipinski definition) is 1. The average Bonchev–Trinajstić information content (AvgIpc) is 3.10. The molecule has 4 aromatic rings. The Morgan fingerprint density at radius 3 is 2.48 bits per heavy atom. The fourth-order valence-electron chi connectivity index (χ4n) is 3.06. The molecular formula is C22H18ClN3O. The van der Waals surface area contributed by atoms with Crippen LogP contribution in [-0.4, -0.2) is 21.8 Å². The molecule has 0 aliphatic heterocycles. The van der Waals surface area contributed by atoms with E-state index in [0.29, 0.717) is 17.4 Å². The average molecular weight is 376 g/mol. The summed E-state index contributed by atoms with van der Waals surface area (Å²) >= 11 is 5.90. The molecular weight excluding hydrogens is 358 g/mol. The van der Waals surface area contributed by atoms with Crippen LogP contribution in [0.15, 0.2) is 79.0 Å². The number of aromatic nitrogens is 2. The number of nitrogens with one attached hydrogen (secondary N) is 1. The molecule has 5 heteroatoms. The molecule has 0 aliphatic carbocycles. The smallest absolute Gasteiger partial charge is 0.287 e. The summed E-state index contributed by atoms with van der Waals surface area (Å²) in [4.78, 5) is 17.4. The first-order valence-electron chi connectivity index (χ1n) is 8.77. The predicted octanol–water partition coefficient (Wildman–Crippen LogP) is 4.63. The minimum Gasteiger partial charge on any atom is -0.349 e. The summed E-state index contributed by atoms with van der Waals surface area (Å²) in [5.74, 6) is 0.202. The van der Waals surface area contributed by atoms with Crippen LogP contribution in [0.25, 0.3) is 16.8 Å². The van der Waals surface area contributed by atoms with E-state index in [2.05, 4.69) is 10.3 Å². The molecule has 4 nitrogen and oxygen atoms in total. The van der Waals surface area contributed by atoms with Gasteiger partial charge in [-0.25, -0.2) is 4.98 Å². The number of imidazole rings is 1. The van der Waals surface area contributed by atoms with Crippen molar-refractivity contribution < 1.29 is 4.79 Å². The number of hydrogen-bond acceptors (Lipinski definition) is 2. The molecule has 4 rings (SSSR count). The molecule has 134 valence electrons.